The maximum absolute atomic E-state index is 4.53. The van der Waals surface area contributed by atoms with Crippen LogP contribution in [0.2, 0.25) is 0 Å². The largest absolute Gasteiger partial charge is 0.264 e. The number of rotatable bonds is 3. The van der Waals surface area contributed by atoms with E-state index in [1.54, 1.807) is 0 Å². The Morgan fingerprint density at radius 1 is 0.395 bits per heavy atom. The van der Waals surface area contributed by atoms with Crippen LogP contribution in [0.15, 0.2) is 134 Å². The van der Waals surface area contributed by atoms with Crippen LogP contribution in [0.1, 0.15) is 0 Å². The third-order valence-corrected chi connectivity index (χ3v) is 7.79. The highest BCUT2D eigenvalue weighted by Crippen LogP contribution is 2.42. The molecule has 2 nitrogen and oxygen atoms in total. The predicted molar refractivity (Wildman–Crippen MR) is 160 cm³/mol. The zero-order valence-electron chi connectivity index (χ0n) is 20.6. The van der Waals surface area contributed by atoms with E-state index in [0.717, 1.165) is 11.1 Å². The molecule has 0 aliphatic heterocycles. The van der Waals surface area contributed by atoms with Gasteiger partial charge in [-0.1, -0.05) is 97.1 Å². The average molecular weight is 483 g/mol. The molecule has 0 radical (unpaired) electrons. The van der Waals surface area contributed by atoms with Crippen LogP contribution < -0.4 is 0 Å². The summed E-state index contributed by atoms with van der Waals surface area (Å²) >= 11 is 0. The lowest BCUT2D eigenvalue weighted by atomic mass is 9.87. The number of fused-ring (bicyclic) bond motifs is 1. The number of hydrogen-bond donors (Lipinski definition) is 0. The summed E-state index contributed by atoms with van der Waals surface area (Å²) in [5.74, 6) is 0. The van der Waals surface area contributed by atoms with Crippen molar-refractivity contribution in [1.29, 1.82) is 0 Å². The van der Waals surface area contributed by atoms with E-state index in [9.17, 15) is 0 Å². The maximum atomic E-state index is 4.53. The van der Waals surface area contributed by atoms with Gasteiger partial charge >= 0.3 is 0 Å². The normalized spacial score (nSPS) is 11.7. The number of nitrogens with zero attached hydrogens (tertiary/aromatic N) is 2. The van der Waals surface area contributed by atoms with E-state index < -0.39 is 0 Å². The molecular formula is C36H22N2. The minimum absolute atomic E-state index is 1.02. The molecule has 0 aliphatic rings. The molecule has 0 atom stereocenters. The molecule has 2 heteroatoms. The Balaban J connectivity index is 1.31. The van der Waals surface area contributed by atoms with E-state index in [4.69, 9.17) is 0 Å². The lowest BCUT2D eigenvalue weighted by molar-refractivity contribution is 1.33. The first kappa shape index (κ1) is 21.0. The van der Waals surface area contributed by atoms with Crippen molar-refractivity contribution in [2.45, 2.75) is 0 Å². The summed E-state index contributed by atoms with van der Waals surface area (Å²) in [6, 6.07) is 41.6. The van der Waals surface area contributed by atoms with E-state index in [1.807, 2.05) is 30.7 Å². The van der Waals surface area contributed by atoms with Gasteiger partial charge in [-0.15, -0.1) is 0 Å². The molecule has 0 N–H and O–H groups in total. The maximum Gasteiger partial charge on any atom is 0.0708 e. The second kappa shape index (κ2) is 8.22. The molecule has 2 aromatic heterocycles. The van der Waals surface area contributed by atoms with Crippen LogP contribution in [-0.2, 0) is 0 Å². The van der Waals surface area contributed by atoms with Gasteiger partial charge in [0.05, 0.1) is 5.52 Å². The van der Waals surface area contributed by atoms with Crippen molar-refractivity contribution in [3.05, 3.63) is 134 Å². The number of hydrogen-bond acceptors (Lipinski definition) is 2. The number of aromatic nitrogens is 2. The Hall–Kier alpha value is -5.08. The number of pyridine rings is 2. The minimum atomic E-state index is 1.02. The van der Waals surface area contributed by atoms with E-state index in [1.165, 1.54) is 65.5 Å². The molecule has 0 saturated carbocycles. The Morgan fingerprint density at radius 3 is 1.66 bits per heavy atom. The van der Waals surface area contributed by atoms with Crippen LogP contribution >= 0.6 is 0 Å². The van der Waals surface area contributed by atoms with Gasteiger partial charge in [0.25, 0.3) is 0 Å². The van der Waals surface area contributed by atoms with Gasteiger partial charge in [-0.05, 0) is 78.3 Å². The fraction of sp³-hybridized carbons (Fsp3) is 0. The highest BCUT2D eigenvalue weighted by molar-refractivity contribution is 6.27. The van der Waals surface area contributed by atoms with Crippen molar-refractivity contribution < 1.29 is 0 Å². The van der Waals surface area contributed by atoms with E-state index >= 15 is 0 Å². The molecule has 0 spiro atoms. The van der Waals surface area contributed by atoms with Crippen molar-refractivity contribution >= 4 is 43.2 Å². The van der Waals surface area contributed by atoms with Gasteiger partial charge < -0.3 is 0 Å². The molecule has 0 aliphatic carbocycles. The summed E-state index contributed by atoms with van der Waals surface area (Å²) < 4.78 is 0. The SMILES string of the molecule is c1cncc(-c2ccc3ccc4c(-c5ccc(-c6cccc7ncccc67)cc5)ccc5ccc2c3c54)c1. The van der Waals surface area contributed by atoms with Gasteiger partial charge in [-0.3, -0.25) is 9.97 Å². The quantitative estimate of drug-likeness (QED) is 0.234. The van der Waals surface area contributed by atoms with Crippen LogP contribution in [0, 0.1) is 0 Å². The van der Waals surface area contributed by atoms with Gasteiger partial charge in [-0.25, -0.2) is 0 Å². The smallest absolute Gasteiger partial charge is 0.0708 e. The monoisotopic (exact) mass is 482 g/mol. The summed E-state index contributed by atoms with van der Waals surface area (Å²) in [5, 5.41) is 8.91. The summed E-state index contributed by atoms with van der Waals surface area (Å²) in [4.78, 5) is 8.89. The first-order valence-electron chi connectivity index (χ1n) is 12.9. The van der Waals surface area contributed by atoms with E-state index in [2.05, 4.69) is 113 Å². The fourth-order valence-electron chi connectivity index (χ4n) is 6.01. The van der Waals surface area contributed by atoms with Crippen molar-refractivity contribution in [2.75, 3.05) is 0 Å². The van der Waals surface area contributed by atoms with Gasteiger partial charge in [0, 0.05) is 29.5 Å². The lowest BCUT2D eigenvalue weighted by Gasteiger charge is -2.16. The Morgan fingerprint density at radius 2 is 1.00 bits per heavy atom. The molecule has 6 aromatic carbocycles. The predicted octanol–water partition coefficient (Wildman–Crippen LogP) is 9.53. The Bertz CT molecular complexity index is 2100. The van der Waals surface area contributed by atoms with Crippen LogP contribution in [0.3, 0.4) is 0 Å². The molecule has 8 aromatic rings. The van der Waals surface area contributed by atoms with E-state index in [0.29, 0.717) is 0 Å². The summed E-state index contributed by atoms with van der Waals surface area (Å²) in [6.07, 6.45) is 5.63. The molecule has 2 heterocycles. The van der Waals surface area contributed by atoms with Crippen molar-refractivity contribution in [3.8, 4) is 33.4 Å². The topological polar surface area (TPSA) is 25.8 Å². The van der Waals surface area contributed by atoms with Crippen molar-refractivity contribution in [2.24, 2.45) is 0 Å². The second-order valence-corrected chi connectivity index (χ2v) is 9.84. The molecule has 0 unspecified atom stereocenters. The highest BCUT2D eigenvalue weighted by atomic mass is 14.6. The zero-order chi connectivity index (χ0) is 25.1. The molecular weight excluding hydrogens is 460 g/mol. The van der Waals surface area contributed by atoms with E-state index in [-0.39, 0.29) is 0 Å². The van der Waals surface area contributed by atoms with Crippen molar-refractivity contribution in [1.82, 2.24) is 9.97 Å². The third kappa shape index (κ3) is 3.14. The minimum Gasteiger partial charge on any atom is -0.264 e. The van der Waals surface area contributed by atoms with Crippen LogP contribution in [0.5, 0.6) is 0 Å². The number of benzene rings is 6. The molecule has 0 bridgehead atoms. The molecule has 0 saturated heterocycles. The molecule has 8 rings (SSSR count). The first-order chi connectivity index (χ1) is 18.8. The summed E-state index contributed by atoms with van der Waals surface area (Å²) in [5.41, 5.74) is 8.27. The standard InChI is InChI=1S/C36H22N2/c1-5-28(31-6-3-21-38-34(31)7-1)23-8-10-24(11-9-23)29-16-12-25-15-19-33-30(27-4-2-20-37-22-27)17-13-26-14-18-32(29)35(25)36(26)33/h1-22H. The van der Waals surface area contributed by atoms with Crippen LogP contribution in [-0.4, -0.2) is 9.97 Å². The summed E-state index contributed by atoms with van der Waals surface area (Å²) in [7, 11) is 0. The summed E-state index contributed by atoms with van der Waals surface area (Å²) in [6.45, 7) is 0. The Labute approximate surface area is 220 Å². The molecule has 0 fully saturated rings. The third-order valence-electron chi connectivity index (χ3n) is 7.79. The zero-order valence-corrected chi connectivity index (χ0v) is 20.6. The molecule has 0 amide bonds. The van der Waals surface area contributed by atoms with Crippen LogP contribution in [0.4, 0.5) is 0 Å². The van der Waals surface area contributed by atoms with Gasteiger partial charge in [0.2, 0.25) is 0 Å². The van der Waals surface area contributed by atoms with Gasteiger partial charge in [0.1, 0.15) is 0 Å². The van der Waals surface area contributed by atoms with Crippen LogP contribution in [0.25, 0.3) is 76.6 Å². The van der Waals surface area contributed by atoms with Crippen molar-refractivity contribution in [3.63, 3.8) is 0 Å². The van der Waals surface area contributed by atoms with Gasteiger partial charge in [-0.2, -0.15) is 0 Å². The Kier molecular flexibility index (Phi) is 4.55. The molecule has 38 heavy (non-hydrogen) atoms. The first-order valence-corrected chi connectivity index (χ1v) is 12.9. The average Bonchev–Trinajstić information content (AvgIpc) is 3.00. The highest BCUT2D eigenvalue weighted by Gasteiger charge is 2.15. The van der Waals surface area contributed by atoms with Gasteiger partial charge in [0.15, 0.2) is 0 Å². The lowest BCUT2D eigenvalue weighted by Crippen LogP contribution is -1.90. The molecule has 176 valence electrons. The fourth-order valence-corrected chi connectivity index (χ4v) is 6.01. The second-order valence-electron chi connectivity index (χ2n) is 9.84.